The summed E-state index contributed by atoms with van der Waals surface area (Å²) in [6, 6.07) is 7.67. The zero-order valence-electron chi connectivity index (χ0n) is 10.5. The Morgan fingerprint density at radius 2 is 2.11 bits per heavy atom. The molecule has 0 spiro atoms. The highest BCUT2D eigenvalue weighted by Gasteiger charge is 2.10. The maximum absolute atomic E-state index is 11.7. The van der Waals surface area contributed by atoms with E-state index in [-0.39, 0.29) is 18.1 Å². The summed E-state index contributed by atoms with van der Waals surface area (Å²) >= 11 is 0. The summed E-state index contributed by atoms with van der Waals surface area (Å²) in [7, 11) is 1.83. The quantitative estimate of drug-likeness (QED) is 0.555. The molecule has 0 saturated heterocycles. The zero-order chi connectivity index (χ0) is 14.3. The Morgan fingerprint density at radius 3 is 2.63 bits per heavy atom. The summed E-state index contributed by atoms with van der Waals surface area (Å²) in [5.41, 5.74) is 0.499. The molecule has 0 aromatic heterocycles. The first-order valence-corrected chi connectivity index (χ1v) is 5.75. The summed E-state index contributed by atoms with van der Waals surface area (Å²) in [5.74, 6) is -0.190. The molecule has 1 aromatic rings. The molecule has 0 radical (unpaired) electrons. The van der Waals surface area contributed by atoms with E-state index < -0.39 is 4.92 Å². The van der Waals surface area contributed by atoms with Gasteiger partial charge in [-0.1, -0.05) is 0 Å². The molecule has 1 aromatic carbocycles. The van der Waals surface area contributed by atoms with Gasteiger partial charge in [0, 0.05) is 17.8 Å². The van der Waals surface area contributed by atoms with E-state index in [0.717, 1.165) is 4.90 Å². The van der Waals surface area contributed by atoms with Crippen LogP contribution in [0.1, 0.15) is 6.42 Å². The molecule has 0 saturated carbocycles. The van der Waals surface area contributed by atoms with Crippen LogP contribution in [-0.2, 0) is 4.79 Å². The highest BCUT2D eigenvalue weighted by Crippen LogP contribution is 2.14. The molecule has 0 fully saturated rings. The van der Waals surface area contributed by atoms with Gasteiger partial charge in [-0.3, -0.25) is 14.9 Å². The molecule has 0 heterocycles. The van der Waals surface area contributed by atoms with E-state index in [1.54, 1.807) is 0 Å². The van der Waals surface area contributed by atoms with E-state index in [4.69, 9.17) is 5.26 Å². The number of rotatable bonds is 6. The highest BCUT2D eigenvalue weighted by molar-refractivity contribution is 5.91. The molecule has 1 atom stereocenters. The van der Waals surface area contributed by atoms with E-state index >= 15 is 0 Å². The Morgan fingerprint density at radius 1 is 1.47 bits per heavy atom. The number of nitrogens with one attached hydrogen (secondary N) is 2. The summed E-state index contributed by atoms with van der Waals surface area (Å²) in [6.45, 7) is 0.850. The van der Waals surface area contributed by atoms with Crippen LogP contribution < -0.4 is 10.2 Å². The SMILES string of the molecule is C[NH+](CCC#N)CC(=O)Nc1ccc([N+](=O)[O-])cc1. The number of quaternary nitrogens is 1. The second kappa shape index (κ2) is 7.08. The Bertz CT molecular complexity index is 493. The fourth-order valence-corrected chi connectivity index (χ4v) is 1.50. The van der Waals surface area contributed by atoms with Gasteiger partial charge in [0.2, 0.25) is 0 Å². The molecular formula is C12H15N4O3+. The number of nitro benzene ring substituents is 1. The molecule has 0 aliphatic heterocycles. The zero-order valence-corrected chi connectivity index (χ0v) is 10.5. The van der Waals surface area contributed by atoms with Crippen LogP contribution in [0.4, 0.5) is 11.4 Å². The predicted molar refractivity (Wildman–Crippen MR) is 68.6 cm³/mol. The number of carbonyl (C=O) groups is 1. The lowest BCUT2D eigenvalue weighted by atomic mass is 10.3. The van der Waals surface area contributed by atoms with Crippen LogP contribution in [0.3, 0.4) is 0 Å². The first kappa shape index (κ1) is 14.6. The van der Waals surface area contributed by atoms with Gasteiger partial charge < -0.3 is 10.2 Å². The van der Waals surface area contributed by atoms with E-state index in [1.807, 2.05) is 13.1 Å². The van der Waals surface area contributed by atoms with Crippen molar-refractivity contribution in [3.8, 4) is 6.07 Å². The van der Waals surface area contributed by atoms with Crippen LogP contribution in [0.15, 0.2) is 24.3 Å². The van der Waals surface area contributed by atoms with Gasteiger partial charge in [-0.15, -0.1) is 0 Å². The highest BCUT2D eigenvalue weighted by atomic mass is 16.6. The lowest BCUT2D eigenvalue weighted by Crippen LogP contribution is -3.10. The van der Waals surface area contributed by atoms with Crippen molar-refractivity contribution in [2.45, 2.75) is 6.42 Å². The number of nitrogens with zero attached hydrogens (tertiary/aromatic N) is 2. The van der Waals surface area contributed by atoms with Crippen molar-refractivity contribution >= 4 is 17.3 Å². The molecule has 0 aliphatic rings. The number of anilines is 1. The van der Waals surface area contributed by atoms with Crippen molar-refractivity contribution in [2.75, 3.05) is 25.5 Å². The Kier molecular flexibility index (Phi) is 5.44. The van der Waals surface area contributed by atoms with Gasteiger partial charge in [0.15, 0.2) is 6.54 Å². The predicted octanol–water partition coefficient (Wildman–Crippen LogP) is -0.0383. The minimum atomic E-state index is -0.495. The van der Waals surface area contributed by atoms with Crippen molar-refractivity contribution < 1.29 is 14.6 Å². The van der Waals surface area contributed by atoms with Gasteiger partial charge in [0.1, 0.15) is 0 Å². The molecule has 0 aliphatic carbocycles. The molecule has 7 nitrogen and oxygen atoms in total. The van der Waals surface area contributed by atoms with Gasteiger partial charge in [-0.2, -0.15) is 5.26 Å². The molecule has 19 heavy (non-hydrogen) atoms. The molecule has 100 valence electrons. The Labute approximate surface area is 110 Å². The van der Waals surface area contributed by atoms with E-state index in [0.29, 0.717) is 18.7 Å². The van der Waals surface area contributed by atoms with Gasteiger partial charge in [0.05, 0.1) is 31.0 Å². The molecular weight excluding hydrogens is 248 g/mol. The van der Waals surface area contributed by atoms with Crippen LogP contribution >= 0.6 is 0 Å². The first-order valence-electron chi connectivity index (χ1n) is 5.75. The largest absolute Gasteiger partial charge is 0.329 e. The van der Waals surface area contributed by atoms with Crippen molar-refractivity contribution in [2.24, 2.45) is 0 Å². The number of nitriles is 1. The third kappa shape index (κ3) is 5.14. The fourth-order valence-electron chi connectivity index (χ4n) is 1.50. The molecule has 1 amide bonds. The maximum atomic E-state index is 11.7. The monoisotopic (exact) mass is 263 g/mol. The maximum Gasteiger partial charge on any atom is 0.279 e. The van der Waals surface area contributed by atoms with Crippen molar-refractivity contribution in [3.63, 3.8) is 0 Å². The minimum absolute atomic E-state index is 0.0187. The topological polar surface area (TPSA) is 100 Å². The molecule has 1 rings (SSSR count). The number of carbonyl (C=O) groups excluding carboxylic acids is 1. The van der Waals surface area contributed by atoms with Gasteiger partial charge >= 0.3 is 0 Å². The van der Waals surface area contributed by atoms with Crippen LogP contribution in [0, 0.1) is 21.4 Å². The molecule has 7 heteroatoms. The summed E-state index contributed by atoms with van der Waals surface area (Å²) < 4.78 is 0. The average molecular weight is 263 g/mol. The second-order valence-corrected chi connectivity index (χ2v) is 4.14. The minimum Gasteiger partial charge on any atom is -0.329 e. The normalized spacial score (nSPS) is 11.4. The number of hydrogen-bond acceptors (Lipinski definition) is 4. The van der Waals surface area contributed by atoms with E-state index in [9.17, 15) is 14.9 Å². The Balaban J connectivity index is 2.48. The van der Waals surface area contributed by atoms with Crippen molar-refractivity contribution in [3.05, 3.63) is 34.4 Å². The van der Waals surface area contributed by atoms with Gasteiger partial charge in [-0.05, 0) is 12.1 Å². The molecule has 0 bridgehead atoms. The summed E-state index contributed by atoms with van der Waals surface area (Å²) in [4.78, 5) is 22.6. The third-order valence-corrected chi connectivity index (χ3v) is 2.49. The summed E-state index contributed by atoms with van der Waals surface area (Å²) in [5, 5.41) is 21.6. The number of nitro groups is 1. The van der Waals surface area contributed by atoms with Crippen LogP contribution in [-0.4, -0.2) is 31.0 Å². The third-order valence-electron chi connectivity index (χ3n) is 2.49. The van der Waals surface area contributed by atoms with Gasteiger partial charge in [-0.25, -0.2) is 0 Å². The molecule has 1 unspecified atom stereocenters. The number of non-ortho nitro benzene ring substituents is 1. The van der Waals surface area contributed by atoms with Crippen LogP contribution in [0.5, 0.6) is 0 Å². The number of benzene rings is 1. The smallest absolute Gasteiger partial charge is 0.279 e. The first-order chi connectivity index (χ1) is 9.02. The van der Waals surface area contributed by atoms with Crippen LogP contribution in [0.2, 0.25) is 0 Å². The fraction of sp³-hybridized carbons (Fsp3) is 0.333. The van der Waals surface area contributed by atoms with Crippen LogP contribution in [0.25, 0.3) is 0 Å². The second-order valence-electron chi connectivity index (χ2n) is 4.14. The average Bonchev–Trinajstić information content (AvgIpc) is 2.36. The number of hydrogen-bond donors (Lipinski definition) is 2. The summed E-state index contributed by atoms with van der Waals surface area (Å²) in [6.07, 6.45) is 0.399. The lowest BCUT2D eigenvalue weighted by Gasteiger charge is -2.11. The lowest BCUT2D eigenvalue weighted by molar-refractivity contribution is -0.870. The molecule has 2 N–H and O–H groups in total. The number of likely N-dealkylation sites (N-methyl/N-ethyl adjacent to an activating group) is 1. The van der Waals surface area contributed by atoms with E-state index in [2.05, 4.69) is 5.32 Å². The standard InChI is InChI=1S/C12H14N4O3/c1-15(8-2-7-13)9-12(17)14-10-3-5-11(6-4-10)16(18)19/h3-6H,2,8-9H2,1H3,(H,14,17)/p+1. The Hall–Kier alpha value is -2.46. The van der Waals surface area contributed by atoms with Gasteiger partial charge in [0.25, 0.3) is 11.6 Å². The van der Waals surface area contributed by atoms with E-state index in [1.165, 1.54) is 24.3 Å². The van der Waals surface area contributed by atoms with Crippen molar-refractivity contribution in [1.82, 2.24) is 0 Å². The van der Waals surface area contributed by atoms with Crippen molar-refractivity contribution in [1.29, 1.82) is 5.26 Å². The number of amides is 1.